The minimum absolute atomic E-state index is 0.382. The Labute approximate surface area is 129 Å². The van der Waals surface area contributed by atoms with Crippen molar-refractivity contribution in [2.24, 2.45) is 7.05 Å². The molecular formula is C16H22BrN3. The van der Waals surface area contributed by atoms with Crippen LogP contribution in [0.2, 0.25) is 0 Å². The lowest BCUT2D eigenvalue weighted by Gasteiger charge is -2.17. The van der Waals surface area contributed by atoms with Crippen molar-refractivity contribution in [2.75, 3.05) is 0 Å². The van der Waals surface area contributed by atoms with Crippen LogP contribution >= 0.6 is 15.9 Å². The van der Waals surface area contributed by atoms with Crippen molar-refractivity contribution < 1.29 is 0 Å². The minimum atomic E-state index is 0.382. The van der Waals surface area contributed by atoms with Gasteiger partial charge in [0, 0.05) is 35.9 Å². The summed E-state index contributed by atoms with van der Waals surface area (Å²) in [6.45, 7) is 5.23. The summed E-state index contributed by atoms with van der Waals surface area (Å²) in [5.74, 6) is 0. The summed E-state index contributed by atoms with van der Waals surface area (Å²) in [5, 5.41) is 8.13. The van der Waals surface area contributed by atoms with E-state index in [2.05, 4.69) is 70.7 Å². The van der Waals surface area contributed by atoms with E-state index in [9.17, 15) is 0 Å². The molecule has 1 aromatic carbocycles. The predicted octanol–water partition coefficient (Wildman–Crippen LogP) is 3.99. The smallest absolute Gasteiger partial charge is 0.0666 e. The maximum Gasteiger partial charge on any atom is 0.0666 e. The highest BCUT2D eigenvalue weighted by Crippen LogP contribution is 2.20. The molecule has 3 nitrogen and oxygen atoms in total. The Balaban J connectivity index is 2.05. The fourth-order valence-corrected chi connectivity index (χ4v) is 2.72. The van der Waals surface area contributed by atoms with E-state index < -0.39 is 0 Å². The number of nitrogens with one attached hydrogen (secondary N) is 1. The molecule has 0 fully saturated rings. The van der Waals surface area contributed by atoms with Gasteiger partial charge in [-0.1, -0.05) is 41.9 Å². The summed E-state index contributed by atoms with van der Waals surface area (Å²) in [7, 11) is 1.98. The number of aryl methyl sites for hydroxylation is 2. The summed E-state index contributed by atoms with van der Waals surface area (Å²) in [5.41, 5.74) is 3.81. The number of halogens is 1. The quantitative estimate of drug-likeness (QED) is 0.865. The fourth-order valence-electron chi connectivity index (χ4n) is 2.46. The SMILES string of the molecule is CCc1nn(C)cc1CNC(CC)c1ccc(Br)cc1. The molecule has 0 bridgehead atoms. The second kappa shape index (κ2) is 7.04. The van der Waals surface area contributed by atoms with E-state index in [1.165, 1.54) is 16.8 Å². The van der Waals surface area contributed by atoms with Crippen LogP contribution in [0.4, 0.5) is 0 Å². The minimum Gasteiger partial charge on any atom is -0.306 e. The Morgan fingerprint density at radius 1 is 1.25 bits per heavy atom. The van der Waals surface area contributed by atoms with Crippen LogP contribution in [0.3, 0.4) is 0 Å². The van der Waals surface area contributed by atoms with Gasteiger partial charge < -0.3 is 5.32 Å². The standard InChI is InChI=1S/C16H22BrN3/c1-4-15(12-6-8-14(17)9-7-12)18-10-13-11-20(3)19-16(13)5-2/h6-9,11,15,18H,4-5,10H2,1-3H3. The molecule has 0 radical (unpaired) electrons. The van der Waals surface area contributed by atoms with Crippen molar-refractivity contribution in [3.63, 3.8) is 0 Å². The molecule has 0 aliphatic heterocycles. The number of aromatic nitrogens is 2. The van der Waals surface area contributed by atoms with E-state index in [4.69, 9.17) is 0 Å². The van der Waals surface area contributed by atoms with Crippen molar-refractivity contribution >= 4 is 15.9 Å². The van der Waals surface area contributed by atoms with Crippen LogP contribution in [0.1, 0.15) is 43.1 Å². The molecule has 1 aromatic heterocycles. The van der Waals surface area contributed by atoms with Gasteiger partial charge in [0.15, 0.2) is 0 Å². The highest BCUT2D eigenvalue weighted by atomic mass is 79.9. The van der Waals surface area contributed by atoms with Crippen LogP contribution < -0.4 is 5.32 Å². The van der Waals surface area contributed by atoms with Gasteiger partial charge in [-0.25, -0.2) is 0 Å². The fraction of sp³-hybridized carbons (Fsp3) is 0.438. The molecule has 0 saturated carbocycles. The maximum atomic E-state index is 4.49. The predicted molar refractivity (Wildman–Crippen MR) is 86.6 cm³/mol. The molecule has 2 rings (SSSR count). The van der Waals surface area contributed by atoms with E-state index in [1.807, 2.05) is 11.7 Å². The van der Waals surface area contributed by atoms with E-state index in [0.29, 0.717) is 6.04 Å². The van der Waals surface area contributed by atoms with Crippen LogP contribution in [-0.4, -0.2) is 9.78 Å². The second-order valence-corrected chi connectivity index (χ2v) is 5.94. The van der Waals surface area contributed by atoms with Gasteiger partial charge in [0.25, 0.3) is 0 Å². The Hall–Kier alpha value is -1.13. The van der Waals surface area contributed by atoms with E-state index >= 15 is 0 Å². The van der Waals surface area contributed by atoms with Crippen LogP contribution in [0.25, 0.3) is 0 Å². The zero-order chi connectivity index (χ0) is 14.5. The Morgan fingerprint density at radius 3 is 2.55 bits per heavy atom. The molecule has 1 N–H and O–H groups in total. The maximum absolute atomic E-state index is 4.49. The van der Waals surface area contributed by atoms with Gasteiger partial charge in [0.05, 0.1) is 5.69 Å². The molecule has 1 unspecified atom stereocenters. The van der Waals surface area contributed by atoms with Crippen LogP contribution in [0.15, 0.2) is 34.9 Å². The lowest BCUT2D eigenvalue weighted by atomic mass is 10.0. The van der Waals surface area contributed by atoms with Crippen molar-refractivity contribution in [3.05, 3.63) is 51.8 Å². The van der Waals surface area contributed by atoms with E-state index in [-0.39, 0.29) is 0 Å². The molecule has 20 heavy (non-hydrogen) atoms. The average molecular weight is 336 g/mol. The molecular weight excluding hydrogens is 314 g/mol. The summed E-state index contributed by atoms with van der Waals surface area (Å²) in [6.07, 6.45) is 4.16. The molecule has 4 heteroatoms. The second-order valence-electron chi connectivity index (χ2n) is 5.02. The third-order valence-corrected chi connectivity index (χ3v) is 4.07. The number of benzene rings is 1. The van der Waals surface area contributed by atoms with Gasteiger partial charge in [0.2, 0.25) is 0 Å². The Bertz CT molecular complexity index is 545. The van der Waals surface area contributed by atoms with Crippen LogP contribution in [-0.2, 0) is 20.0 Å². The Morgan fingerprint density at radius 2 is 1.95 bits per heavy atom. The van der Waals surface area contributed by atoms with Gasteiger partial charge >= 0.3 is 0 Å². The molecule has 0 spiro atoms. The molecule has 1 atom stereocenters. The number of rotatable bonds is 6. The molecule has 0 amide bonds. The lowest BCUT2D eigenvalue weighted by molar-refractivity contribution is 0.517. The first-order chi connectivity index (χ1) is 9.63. The van der Waals surface area contributed by atoms with Gasteiger partial charge in [-0.2, -0.15) is 5.10 Å². The van der Waals surface area contributed by atoms with E-state index in [1.54, 1.807) is 0 Å². The monoisotopic (exact) mass is 335 g/mol. The molecule has 108 valence electrons. The van der Waals surface area contributed by atoms with Crippen LogP contribution in [0, 0.1) is 0 Å². The summed E-state index contributed by atoms with van der Waals surface area (Å²) in [6, 6.07) is 8.93. The molecule has 0 aliphatic rings. The highest BCUT2D eigenvalue weighted by Gasteiger charge is 2.11. The van der Waals surface area contributed by atoms with Crippen molar-refractivity contribution in [1.29, 1.82) is 0 Å². The van der Waals surface area contributed by atoms with Gasteiger partial charge in [-0.15, -0.1) is 0 Å². The molecule has 1 heterocycles. The summed E-state index contributed by atoms with van der Waals surface area (Å²) in [4.78, 5) is 0. The first kappa shape index (κ1) is 15.3. The first-order valence-electron chi connectivity index (χ1n) is 7.14. The third-order valence-electron chi connectivity index (χ3n) is 3.55. The Kier molecular flexibility index (Phi) is 5.38. The van der Waals surface area contributed by atoms with Crippen molar-refractivity contribution in [1.82, 2.24) is 15.1 Å². The summed E-state index contributed by atoms with van der Waals surface area (Å²) < 4.78 is 3.02. The number of hydrogen-bond acceptors (Lipinski definition) is 2. The molecule has 0 saturated heterocycles. The van der Waals surface area contributed by atoms with Gasteiger partial charge in [0.1, 0.15) is 0 Å². The summed E-state index contributed by atoms with van der Waals surface area (Å²) >= 11 is 3.48. The zero-order valence-corrected chi connectivity index (χ0v) is 13.9. The van der Waals surface area contributed by atoms with Crippen LogP contribution in [0.5, 0.6) is 0 Å². The largest absolute Gasteiger partial charge is 0.306 e. The number of nitrogens with zero attached hydrogens (tertiary/aromatic N) is 2. The van der Waals surface area contributed by atoms with Crippen molar-refractivity contribution in [3.8, 4) is 0 Å². The van der Waals surface area contributed by atoms with Gasteiger partial charge in [-0.05, 0) is 30.5 Å². The average Bonchev–Trinajstić information content (AvgIpc) is 2.81. The molecule has 2 aromatic rings. The normalized spacial score (nSPS) is 12.6. The number of hydrogen-bond donors (Lipinski definition) is 1. The van der Waals surface area contributed by atoms with Crippen molar-refractivity contribution in [2.45, 2.75) is 39.3 Å². The lowest BCUT2D eigenvalue weighted by Crippen LogP contribution is -2.20. The highest BCUT2D eigenvalue weighted by molar-refractivity contribution is 9.10. The zero-order valence-electron chi connectivity index (χ0n) is 12.4. The van der Waals surface area contributed by atoms with Gasteiger partial charge in [-0.3, -0.25) is 4.68 Å². The first-order valence-corrected chi connectivity index (χ1v) is 7.93. The molecule has 0 aliphatic carbocycles. The van der Waals surface area contributed by atoms with E-state index in [0.717, 1.165) is 23.9 Å². The third kappa shape index (κ3) is 3.70. The topological polar surface area (TPSA) is 29.9 Å².